The topological polar surface area (TPSA) is 87.7 Å². The number of rotatable bonds is 9. The average molecular weight is 498 g/mol. The smallest absolute Gasteiger partial charge is 0.261 e. The molecule has 4 rings (SSSR count). The molecule has 1 fully saturated rings. The fraction of sp³-hybridized carbons (Fsp3) is 0.269. The standard InChI is InChI=1S/C26H28FN3O4S/c1-34-25-11-5-2-8-21(25)24(30-16-6-7-17-30)18-28-26(31)19-12-14-20(15-13-19)35(32,33)29-23-10-4-3-9-22(23)27/h2-5,8-15,24,29H,6-7,16-18H2,1H3,(H,28,31). The molecule has 1 saturated heterocycles. The van der Waals surface area contributed by atoms with Gasteiger partial charge in [-0.3, -0.25) is 14.4 Å². The summed E-state index contributed by atoms with van der Waals surface area (Å²) in [6.07, 6.45) is 2.22. The van der Waals surface area contributed by atoms with Crippen molar-refractivity contribution in [3.63, 3.8) is 0 Å². The maximum Gasteiger partial charge on any atom is 0.261 e. The first-order chi connectivity index (χ1) is 16.9. The van der Waals surface area contributed by atoms with Crippen molar-refractivity contribution in [2.45, 2.75) is 23.8 Å². The molecule has 0 spiro atoms. The van der Waals surface area contributed by atoms with Crippen molar-refractivity contribution < 1.29 is 22.3 Å². The third-order valence-corrected chi connectivity index (χ3v) is 7.46. The molecule has 0 radical (unpaired) electrons. The Morgan fingerprint density at radius 2 is 1.66 bits per heavy atom. The van der Waals surface area contributed by atoms with Gasteiger partial charge in [-0.2, -0.15) is 0 Å². The third kappa shape index (κ3) is 5.80. The highest BCUT2D eigenvalue weighted by Gasteiger charge is 2.26. The molecule has 1 amide bonds. The molecular weight excluding hydrogens is 469 g/mol. The molecule has 2 N–H and O–H groups in total. The first kappa shape index (κ1) is 24.7. The zero-order chi connectivity index (χ0) is 24.8. The number of nitrogens with one attached hydrogen (secondary N) is 2. The summed E-state index contributed by atoms with van der Waals surface area (Å²) in [6.45, 7) is 2.27. The Kier molecular flexibility index (Phi) is 7.67. The molecular formula is C26H28FN3O4S. The van der Waals surface area contributed by atoms with Gasteiger partial charge in [-0.25, -0.2) is 12.8 Å². The van der Waals surface area contributed by atoms with E-state index in [9.17, 15) is 17.6 Å². The van der Waals surface area contributed by atoms with Crippen LogP contribution >= 0.6 is 0 Å². The number of carbonyl (C=O) groups is 1. The van der Waals surface area contributed by atoms with Crippen molar-refractivity contribution in [3.8, 4) is 5.75 Å². The van der Waals surface area contributed by atoms with E-state index in [1.807, 2.05) is 24.3 Å². The number of ether oxygens (including phenoxy) is 1. The van der Waals surface area contributed by atoms with Gasteiger partial charge in [0.25, 0.3) is 15.9 Å². The molecule has 0 aliphatic carbocycles. The van der Waals surface area contributed by atoms with Crippen LogP contribution in [0.4, 0.5) is 10.1 Å². The van der Waals surface area contributed by atoms with Gasteiger partial charge >= 0.3 is 0 Å². The molecule has 1 aliphatic heterocycles. The fourth-order valence-electron chi connectivity index (χ4n) is 4.26. The van der Waals surface area contributed by atoms with Crippen LogP contribution < -0.4 is 14.8 Å². The van der Waals surface area contributed by atoms with E-state index in [-0.39, 0.29) is 22.5 Å². The van der Waals surface area contributed by atoms with E-state index in [2.05, 4.69) is 14.9 Å². The summed E-state index contributed by atoms with van der Waals surface area (Å²) in [4.78, 5) is 15.1. The van der Waals surface area contributed by atoms with Gasteiger partial charge in [0.1, 0.15) is 11.6 Å². The molecule has 0 aromatic heterocycles. The van der Waals surface area contributed by atoms with Crippen LogP contribution in [0.2, 0.25) is 0 Å². The van der Waals surface area contributed by atoms with Gasteiger partial charge < -0.3 is 10.1 Å². The molecule has 184 valence electrons. The van der Waals surface area contributed by atoms with Gasteiger partial charge in [0.15, 0.2) is 0 Å². The van der Waals surface area contributed by atoms with Crippen LogP contribution in [0.15, 0.2) is 77.7 Å². The lowest BCUT2D eigenvalue weighted by molar-refractivity contribution is 0.0937. The van der Waals surface area contributed by atoms with Crippen molar-refractivity contribution in [1.82, 2.24) is 10.2 Å². The molecule has 1 unspecified atom stereocenters. The Balaban J connectivity index is 1.46. The van der Waals surface area contributed by atoms with Crippen LogP contribution in [-0.2, 0) is 10.0 Å². The lowest BCUT2D eigenvalue weighted by atomic mass is 10.0. The summed E-state index contributed by atoms with van der Waals surface area (Å²) in [5.74, 6) is -0.208. The Morgan fingerprint density at radius 3 is 2.34 bits per heavy atom. The zero-order valence-electron chi connectivity index (χ0n) is 19.4. The zero-order valence-corrected chi connectivity index (χ0v) is 20.2. The van der Waals surface area contributed by atoms with Crippen LogP contribution in [0.5, 0.6) is 5.75 Å². The van der Waals surface area contributed by atoms with E-state index in [0.29, 0.717) is 12.1 Å². The van der Waals surface area contributed by atoms with Gasteiger partial charge in [-0.1, -0.05) is 30.3 Å². The van der Waals surface area contributed by atoms with Gasteiger partial charge in [-0.05, 0) is 68.4 Å². The van der Waals surface area contributed by atoms with Gasteiger partial charge in [-0.15, -0.1) is 0 Å². The molecule has 1 atom stereocenters. The maximum absolute atomic E-state index is 13.8. The molecule has 7 nitrogen and oxygen atoms in total. The fourth-order valence-corrected chi connectivity index (χ4v) is 5.32. The number of methoxy groups -OCH3 is 1. The highest BCUT2D eigenvalue weighted by Crippen LogP contribution is 2.31. The molecule has 0 bridgehead atoms. The average Bonchev–Trinajstić information content (AvgIpc) is 3.40. The van der Waals surface area contributed by atoms with Gasteiger partial charge in [0, 0.05) is 17.7 Å². The third-order valence-electron chi connectivity index (χ3n) is 6.08. The Bertz CT molecular complexity index is 1280. The summed E-state index contributed by atoms with van der Waals surface area (Å²) < 4.78 is 46.9. The Hall–Kier alpha value is -3.43. The van der Waals surface area contributed by atoms with E-state index in [4.69, 9.17) is 4.74 Å². The van der Waals surface area contributed by atoms with E-state index < -0.39 is 15.8 Å². The number of benzene rings is 3. The second-order valence-corrected chi connectivity index (χ2v) is 10.0. The predicted octanol–water partition coefficient (Wildman–Crippen LogP) is 4.20. The van der Waals surface area contributed by atoms with E-state index in [0.717, 1.165) is 37.2 Å². The Morgan fingerprint density at radius 1 is 1.00 bits per heavy atom. The molecule has 1 aliphatic rings. The van der Waals surface area contributed by atoms with Crippen LogP contribution in [-0.4, -0.2) is 46.0 Å². The van der Waals surface area contributed by atoms with Gasteiger partial charge in [0.2, 0.25) is 0 Å². The number of amides is 1. The van der Waals surface area contributed by atoms with Crippen molar-refractivity contribution in [2.24, 2.45) is 0 Å². The maximum atomic E-state index is 13.8. The van der Waals surface area contributed by atoms with E-state index in [1.165, 1.54) is 48.5 Å². The first-order valence-electron chi connectivity index (χ1n) is 11.4. The van der Waals surface area contributed by atoms with Crippen LogP contribution in [0.3, 0.4) is 0 Å². The number of likely N-dealkylation sites (tertiary alicyclic amines) is 1. The molecule has 35 heavy (non-hydrogen) atoms. The molecule has 9 heteroatoms. The summed E-state index contributed by atoms with van der Waals surface area (Å²) in [6, 6.07) is 18.8. The normalized spacial score (nSPS) is 14.9. The minimum Gasteiger partial charge on any atom is -0.496 e. The number of carbonyl (C=O) groups excluding carboxylic acids is 1. The monoisotopic (exact) mass is 497 g/mol. The highest BCUT2D eigenvalue weighted by atomic mass is 32.2. The highest BCUT2D eigenvalue weighted by molar-refractivity contribution is 7.92. The van der Waals surface area contributed by atoms with Crippen molar-refractivity contribution in [3.05, 3.63) is 89.7 Å². The summed E-state index contributed by atoms with van der Waals surface area (Å²) in [7, 11) is -2.37. The summed E-state index contributed by atoms with van der Waals surface area (Å²) in [5.41, 5.74) is 1.20. The second kappa shape index (κ2) is 10.9. The number of nitrogens with zero attached hydrogens (tertiary/aromatic N) is 1. The van der Waals surface area contributed by atoms with Crippen molar-refractivity contribution >= 4 is 21.6 Å². The minimum absolute atomic E-state index is 0.0396. The molecule has 1 heterocycles. The molecule has 3 aromatic rings. The predicted molar refractivity (Wildman–Crippen MR) is 133 cm³/mol. The SMILES string of the molecule is COc1ccccc1C(CNC(=O)c1ccc(S(=O)(=O)Nc2ccccc2F)cc1)N1CCCC1. The number of halogens is 1. The van der Waals surface area contributed by atoms with Gasteiger partial charge in [0.05, 0.1) is 23.7 Å². The number of hydrogen-bond donors (Lipinski definition) is 2. The van der Waals surface area contributed by atoms with Crippen LogP contribution in [0.25, 0.3) is 0 Å². The number of sulfonamides is 1. The Labute approximate surface area is 205 Å². The quantitative estimate of drug-likeness (QED) is 0.463. The largest absolute Gasteiger partial charge is 0.496 e. The van der Waals surface area contributed by atoms with Crippen LogP contribution in [0, 0.1) is 5.82 Å². The summed E-state index contributed by atoms with van der Waals surface area (Å²) in [5, 5.41) is 2.98. The lowest BCUT2D eigenvalue weighted by Crippen LogP contribution is -2.37. The minimum atomic E-state index is -4.00. The first-order valence-corrected chi connectivity index (χ1v) is 12.9. The van der Waals surface area contributed by atoms with Crippen molar-refractivity contribution in [1.29, 1.82) is 0 Å². The lowest BCUT2D eigenvalue weighted by Gasteiger charge is -2.29. The molecule has 3 aromatic carbocycles. The number of anilines is 1. The van der Waals surface area contributed by atoms with E-state index in [1.54, 1.807) is 7.11 Å². The van der Waals surface area contributed by atoms with Crippen LogP contribution in [0.1, 0.15) is 34.8 Å². The molecule has 0 saturated carbocycles. The van der Waals surface area contributed by atoms with E-state index >= 15 is 0 Å². The second-order valence-electron chi connectivity index (χ2n) is 8.32. The number of para-hydroxylation sites is 2. The summed E-state index contributed by atoms with van der Waals surface area (Å²) >= 11 is 0. The number of hydrogen-bond acceptors (Lipinski definition) is 5. The van der Waals surface area contributed by atoms with Crippen molar-refractivity contribution in [2.75, 3.05) is 31.5 Å².